The Hall–Kier alpha value is -0.610. The highest BCUT2D eigenvalue weighted by molar-refractivity contribution is 7.80. The quantitative estimate of drug-likeness (QED) is 0.491. The van der Waals surface area contributed by atoms with Crippen molar-refractivity contribution in [3.63, 3.8) is 0 Å². The summed E-state index contributed by atoms with van der Waals surface area (Å²) in [6.07, 6.45) is 1.96. The fourth-order valence-electron chi connectivity index (χ4n) is 0.990. The fraction of sp³-hybridized carbons (Fsp3) is 0.727. The van der Waals surface area contributed by atoms with E-state index in [9.17, 15) is 4.79 Å². The third kappa shape index (κ3) is 8.39. The van der Waals surface area contributed by atoms with Gasteiger partial charge in [-0.3, -0.25) is 9.79 Å². The van der Waals surface area contributed by atoms with Crippen molar-refractivity contribution >= 4 is 28.6 Å². The van der Waals surface area contributed by atoms with Crippen molar-refractivity contribution < 1.29 is 4.79 Å². The zero-order valence-electron chi connectivity index (χ0n) is 10.0. The second-order valence-electron chi connectivity index (χ2n) is 3.90. The molecule has 0 aliphatic heterocycles. The molecule has 0 heterocycles. The topological polar surface area (TPSA) is 32.7 Å². The first-order valence-corrected chi connectivity index (χ1v) is 5.52. The number of Topliss-reactive ketones (excluding diaryl/α,β-unsaturated/α-hetero) is 1. The molecule has 0 radical (unpaired) electrons. The molecule has 0 spiro atoms. The summed E-state index contributed by atoms with van der Waals surface area (Å²) < 4.78 is 0. The molecule has 0 fully saturated rings. The normalized spacial score (nSPS) is 11.9. The van der Waals surface area contributed by atoms with E-state index in [0.29, 0.717) is 12.3 Å². The zero-order valence-corrected chi connectivity index (χ0v) is 10.9. The summed E-state index contributed by atoms with van der Waals surface area (Å²) in [4.78, 5) is 18.1. The average molecular weight is 228 g/mol. The maximum absolute atomic E-state index is 10.9. The van der Waals surface area contributed by atoms with Crippen LogP contribution in [0.5, 0.6) is 0 Å². The summed E-state index contributed by atoms with van der Waals surface area (Å²) in [5, 5.41) is 0. The van der Waals surface area contributed by atoms with Gasteiger partial charge in [0, 0.05) is 11.8 Å². The van der Waals surface area contributed by atoms with Crippen LogP contribution in [0, 0.1) is 0 Å². The van der Waals surface area contributed by atoms with E-state index in [1.54, 1.807) is 6.92 Å². The van der Waals surface area contributed by atoms with Gasteiger partial charge < -0.3 is 4.90 Å². The number of ketones is 1. The zero-order chi connectivity index (χ0) is 11.8. The maximum atomic E-state index is 10.9. The molecule has 0 unspecified atom stereocenters. The molecule has 4 heteroatoms. The molecular formula is C11H20N2OS. The predicted molar refractivity (Wildman–Crippen MR) is 69.0 cm³/mol. The number of hydrogen-bond acceptors (Lipinski definition) is 4. The van der Waals surface area contributed by atoms with Gasteiger partial charge >= 0.3 is 0 Å². The summed E-state index contributed by atoms with van der Waals surface area (Å²) in [7, 11) is 4.09. The van der Waals surface area contributed by atoms with Crippen LogP contribution >= 0.6 is 12.2 Å². The first-order chi connectivity index (χ1) is 6.93. The maximum Gasteiger partial charge on any atom is 0.173 e. The van der Waals surface area contributed by atoms with Gasteiger partial charge in [-0.05, 0) is 40.4 Å². The van der Waals surface area contributed by atoms with Gasteiger partial charge in [0.2, 0.25) is 0 Å². The Morgan fingerprint density at radius 2 is 1.93 bits per heavy atom. The van der Waals surface area contributed by atoms with Gasteiger partial charge in [0.1, 0.15) is 0 Å². The molecule has 0 aromatic rings. The van der Waals surface area contributed by atoms with Crippen LogP contribution in [0.1, 0.15) is 26.7 Å². The lowest BCUT2D eigenvalue weighted by Crippen LogP contribution is -2.15. The number of aliphatic imine (C=N–C) groups is 1. The SMILES string of the molecule is CC(=O)C(C)=NCC(=S)CCCN(C)C. The third-order valence-corrected chi connectivity index (χ3v) is 2.40. The van der Waals surface area contributed by atoms with Crippen molar-refractivity contribution in [2.24, 2.45) is 4.99 Å². The summed E-state index contributed by atoms with van der Waals surface area (Å²) in [6, 6.07) is 0. The molecule has 0 saturated heterocycles. The highest BCUT2D eigenvalue weighted by atomic mass is 32.1. The Morgan fingerprint density at radius 3 is 2.40 bits per heavy atom. The molecule has 3 nitrogen and oxygen atoms in total. The van der Waals surface area contributed by atoms with Crippen LogP contribution in [0.3, 0.4) is 0 Å². The van der Waals surface area contributed by atoms with Gasteiger partial charge in [-0.15, -0.1) is 0 Å². The average Bonchev–Trinajstić information content (AvgIpc) is 2.13. The highest BCUT2D eigenvalue weighted by Gasteiger charge is 2.00. The number of nitrogens with zero attached hydrogens (tertiary/aromatic N) is 2. The molecule has 0 aliphatic carbocycles. The molecule has 86 valence electrons. The molecular weight excluding hydrogens is 208 g/mol. The molecule has 0 aliphatic rings. The predicted octanol–water partition coefficient (Wildman–Crippen LogP) is 1.75. The number of carbonyl (C=O) groups excluding carboxylic acids is 1. The van der Waals surface area contributed by atoms with Crippen molar-refractivity contribution in [3.05, 3.63) is 0 Å². The molecule has 0 saturated carbocycles. The van der Waals surface area contributed by atoms with Crippen LogP contribution in [-0.2, 0) is 4.79 Å². The van der Waals surface area contributed by atoms with Crippen LogP contribution in [0.2, 0.25) is 0 Å². The molecule has 0 aromatic carbocycles. The first kappa shape index (κ1) is 14.4. The van der Waals surface area contributed by atoms with Gasteiger partial charge in [0.05, 0.1) is 12.3 Å². The lowest BCUT2D eigenvalue weighted by molar-refractivity contribution is -0.111. The molecule has 0 N–H and O–H groups in total. The minimum absolute atomic E-state index is 0.0195. The molecule has 15 heavy (non-hydrogen) atoms. The molecule has 0 aromatic heterocycles. The Morgan fingerprint density at radius 1 is 1.33 bits per heavy atom. The van der Waals surface area contributed by atoms with Crippen LogP contribution in [0.4, 0.5) is 0 Å². The standard InChI is InChI=1S/C11H20N2OS/c1-9(10(2)14)12-8-11(15)6-5-7-13(3)4/h5-8H2,1-4H3. The van der Waals surface area contributed by atoms with E-state index in [4.69, 9.17) is 12.2 Å². The van der Waals surface area contributed by atoms with Gasteiger partial charge in [-0.2, -0.15) is 0 Å². The Balaban J connectivity index is 3.76. The Labute approximate surface area is 97.6 Å². The van der Waals surface area contributed by atoms with E-state index in [1.807, 2.05) is 14.1 Å². The van der Waals surface area contributed by atoms with Crippen molar-refractivity contribution in [2.45, 2.75) is 26.7 Å². The summed E-state index contributed by atoms with van der Waals surface area (Å²) >= 11 is 5.17. The minimum Gasteiger partial charge on any atom is -0.309 e. The molecule has 0 atom stereocenters. The lowest BCUT2D eigenvalue weighted by Gasteiger charge is -2.08. The number of rotatable bonds is 7. The van der Waals surface area contributed by atoms with E-state index in [1.165, 1.54) is 6.92 Å². The van der Waals surface area contributed by atoms with Crippen molar-refractivity contribution in [2.75, 3.05) is 27.2 Å². The molecule has 0 bridgehead atoms. The number of hydrogen-bond donors (Lipinski definition) is 0. The third-order valence-electron chi connectivity index (χ3n) is 2.06. The van der Waals surface area contributed by atoms with Crippen molar-refractivity contribution in [3.8, 4) is 0 Å². The smallest absolute Gasteiger partial charge is 0.173 e. The largest absolute Gasteiger partial charge is 0.309 e. The van der Waals surface area contributed by atoms with Gasteiger partial charge in [0.25, 0.3) is 0 Å². The Kier molecular flexibility index (Phi) is 7.34. The van der Waals surface area contributed by atoms with E-state index in [0.717, 1.165) is 24.3 Å². The Bertz CT molecular complexity index is 259. The van der Waals surface area contributed by atoms with Crippen LogP contribution in [-0.4, -0.2) is 48.4 Å². The van der Waals surface area contributed by atoms with Gasteiger partial charge in [0.15, 0.2) is 5.78 Å². The lowest BCUT2D eigenvalue weighted by atomic mass is 10.2. The van der Waals surface area contributed by atoms with Crippen LogP contribution < -0.4 is 0 Å². The van der Waals surface area contributed by atoms with E-state index in [2.05, 4.69) is 9.89 Å². The number of thiocarbonyl (C=S) groups is 1. The van der Waals surface area contributed by atoms with Gasteiger partial charge in [-0.25, -0.2) is 0 Å². The fourth-order valence-corrected chi connectivity index (χ4v) is 1.20. The number of carbonyl (C=O) groups is 1. The van der Waals surface area contributed by atoms with Crippen molar-refractivity contribution in [1.82, 2.24) is 4.90 Å². The summed E-state index contributed by atoms with van der Waals surface area (Å²) in [5.74, 6) is 0.0195. The monoisotopic (exact) mass is 228 g/mol. The van der Waals surface area contributed by atoms with Gasteiger partial charge in [-0.1, -0.05) is 12.2 Å². The van der Waals surface area contributed by atoms with E-state index < -0.39 is 0 Å². The first-order valence-electron chi connectivity index (χ1n) is 5.12. The second-order valence-corrected chi connectivity index (χ2v) is 4.48. The highest BCUT2D eigenvalue weighted by Crippen LogP contribution is 1.96. The van der Waals surface area contributed by atoms with Crippen molar-refractivity contribution in [1.29, 1.82) is 0 Å². The molecule has 0 rings (SSSR count). The van der Waals surface area contributed by atoms with Crippen LogP contribution in [0.25, 0.3) is 0 Å². The van der Waals surface area contributed by atoms with E-state index >= 15 is 0 Å². The summed E-state index contributed by atoms with van der Waals surface area (Å²) in [6.45, 7) is 4.79. The second kappa shape index (κ2) is 7.65. The summed E-state index contributed by atoms with van der Waals surface area (Å²) in [5.41, 5.74) is 0.560. The molecule has 0 amide bonds. The minimum atomic E-state index is 0.0195. The van der Waals surface area contributed by atoms with Crippen LogP contribution in [0.15, 0.2) is 4.99 Å². The van der Waals surface area contributed by atoms with E-state index in [-0.39, 0.29) is 5.78 Å².